The van der Waals surface area contributed by atoms with Crippen molar-refractivity contribution in [2.45, 2.75) is 59.3 Å². The lowest BCUT2D eigenvalue weighted by Gasteiger charge is -2.23. The van der Waals surface area contributed by atoms with Crippen molar-refractivity contribution in [2.24, 2.45) is 0 Å². The predicted octanol–water partition coefficient (Wildman–Crippen LogP) is 21.5. The molecule has 0 spiro atoms. The molecule has 0 aliphatic heterocycles. The highest BCUT2D eigenvalue weighted by atomic mass is 14.3. The number of hydrogen-bond acceptors (Lipinski definition) is 0. The monoisotopic (exact) mass is 932 g/mol. The van der Waals surface area contributed by atoms with Crippen LogP contribution in [0.3, 0.4) is 0 Å². The standard InChI is InChI=1S/C73H56/c1-42(2)48-38-61(43(3)4)66(62(39-48)44(5)6)47-35-36-52-49(37-47)40-64-68-55(52)31-19-34-60(68)72-69(56-29-17-13-25-50(56)45-21-9-7-10-22-45)65-41-63-54-28-16-15-27-53(54)58-32-20-33-59(67(58)63)70(65)71(73(64)72)57-30-18-14-26-51(57)46-23-11-8-12-24-46/h7-44H,1-6H3. The Hall–Kier alpha value is -8.32. The molecule has 0 saturated heterocycles. The Balaban J connectivity index is 1.24. The SMILES string of the molecule is CC(C)c1cc(C(C)C)c(-c2ccc3c(c2)cc2c4c(-c5ccccc5-c5ccccc5)c5c(cc6c7ccccc7c7cccc5c76)c(-c5ccccc5-c5ccccc5)c4c4cccc3c42)c(C(C)C)c1. The van der Waals surface area contributed by atoms with E-state index in [2.05, 4.69) is 254 Å². The summed E-state index contributed by atoms with van der Waals surface area (Å²) in [6, 6.07) is 81.2. The zero-order chi connectivity index (χ0) is 49.2. The molecule has 0 atom stereocenters. The summed E-state index contributed by atoms with van der Waals surface area (Å²) in [5.74, 6) is 1.21. The van der Waals surface area contributed by atoms with E-state index in [1.54, 1.807) is 0 Å². The minimum atomic E-state index is 0.378. The molecule has 14 aromatic carbocycles. The first-order valence-corrected chi connectivity index (χ1v) is 26.4. The van der Waals surface area contributed by atoms with Crippen LogP contribution in [-0.2, 0) is 0 Å². The van der Waals surface area contributed by atoms with Crippen LogP contribution in [0.5, 0.6) is 0 Å². The number of fused-ring (bicyclic) bond motifs is 10. The van der Waals surface area contributed by atoms with Crippen LogP contribution in [0.4, 0.5) is 0 Å². The topological polar surface area (TPSA) is 0 Å². The Morgan fingerprint density at radius 1 is 0.233 bits per heavy atom. The molecule has 0 fully saturated rings. The summed E-state index contributed by atoms with van der Waals surface area (Å²) >= 11 is 0. The van der Waals surface area contributed by atoms with Gasteiger partial charge in [-0.2, -0.15) is 0 Å². The van der Waals surface area contributed by atoms with Crippen molar-refractivity contribution in [3.8, 4) is 55.6 Å². The van der Waals surface area contributed by atoms with Crippen LogP contribution >= 0.6 is 0 Å². The second kappa shape index (κ2) is 16.6. The van der Waals surface area contributed by atoms with Crippen LogP contribution in [0.1, 0.15) is 76.0 Å². The van der Waals surface area contributed by atoms with Crippen molar-refractivity contribution < 1.29 is 0 Å². The van der Waals surface area contributed by atoms with Gasteiger partial charge in [-0.25, -0.2) is 0 Å². The minimum Gasteiger partial charge on any atom is -0.0622 e. The normalized spacial score (nSPS) is 12.3. The largest absolute Gasteiger partial charge is 0.0622 e. The van der Waals surface area contributed by atoms with E-state index < -0.39 is 0 Å². The number of benzene rings is 12. The van der Waals surface area contributed by atoms with Gasteiger partial charge in [0.25, 0.3) is 0 Å². The van der Waals surface area contributed by atoms with Gasteiger partial charge in [-0.3, -0.25) is 0 Å². The van der Waals surface area contributed by atoms with Gasteiger partial charge >= 0.3 is 0 Å². The van der Waals surface area contributed by atoms with Gasteiger partial charge in [-0.15, -0.1) is 0 Å². The molecule has 348 valence electrons. The third-order valence-corrected chi connectivity index (χ3v) is 16.4. The van der Waals surface area contributed by atoms with Crippen molar-refractivity contribution in [3.63, 3.8) is 0 Å². The Bertz CT molecular complexity index is 4460. The maximum Gasteiger partial charge on any atom is -0.000674 e. The molecule has 0 aromatic heterocycles. The third-order valence-electron chi connectivity index (χ3n) is 16.4. The van der Waals surface area contributed by atoms with Gasteiger partial charge in [0.2, 0.25) is 0 Å². The van der Waals surface area contributed by atoms with E-state index in [0.29, 0.717) is 17.8 Å². The van der Waals surface area contributed by atoms with Gasteiger partial charge in [0, 0.05) is 0 Å². The Labute approximate surface area is 427 Å². The lowest BCUT2D eigenvalue weighted by atomic mass is 9.80. The molecule has 0 unspecified atom stereocenters. The van der Waals surface area contributed by atoms with Gasteiger partial charge in [0.15, 0.2) is 0 Å². The summed E-state index contributed by atoms with van der Waals surface area (Å²) in [5.41, 5.74) is 17.0. The molecule has 14 aromatic rings. The van der Waals surface area contributed by atoms with Crippen LogP contribution in [0.15, 0.2) is 212 Å². The summed E-state index contributed by atoms with van der Waals surface area (Å²) in [7, 11) is 0. The van der Waals surface area contributed by atoms with Crippen LogP contribution < -0.4 is 0 Å². The van der Waals surface area contributed by atoms with Crippen LogP contribution in [0, 0.1) is 0 Å². The van der Waals surface area contributed by atoms with E-state index in [1.807, 2.05) is 0 Å². The molecule has 0 bridgehead atoms. The van der Waals surface area contributed by atoms with Crippen molar-refractivity contribution in [3.05, 3.63) is 229 Å². The maximum absolute atomic E-state index is 2.58. The highest BCUT2D eigenvalue weighted by Gasteiger charge is 2.29. The molecule has 14 rings (SSSR count). The fraction of sp³-hybridized carbons (Fsp3) is 0.123. The zero-order valence-electron chi connectivity index (χ0n) is 42.4. The molecule has 0 N–H and O–H groups in total. The van der Waals surface area contributed by atoms with E-state index in [0.717, 1.165) is 0 Å². The summed E-state index contributed by atoms with van der Waals surface area (Å²) in [6.45, 7) is 14.1. The second-order valence-electron chi connectivity index (χ2n) is 21.6. The highest BCUT2D eigenvalue weighted by molar-refractivity contribution is 6.46. The van der Waals surface area contributed by atoms with E-state index in [-0.39, 0.29) is 0 Å². The molecule has 0 radical (unpaired) electrons. The fourth-order valence-electron chi connectivity index (χ4n) is 13.2. The Kier molecular flexibility index (Phi) is 9.90. The average Bonchev–Trinajstić information content (AvgIpc) is 3.95. The molecule has 0 aliphatic carbocycles. The summed E-state index contributed by atoms with van der Waals surface area (Å²) in [5, 5.41) is 20.9. The van der Waals surface area contributed by atoms with E-state index in [4.69, 9.17) is 0 Å². The maximum atomic E-state index is 2.58. The van der Waals surface area contributed by atoms with Gasteiger partial charge in [0.1, 0.15) is 0 Å². The van der Waals surface area contributed by atoms with Crippen molar-refractivity contribution in [1.82, 2.24) is 0 Å². The molecule has 0 saturated carbocycles. The van der Waals surface area contributed by atoms with Gasteiger partial charge < -0.3 is 0 Å². The molecule has 73 heavy (non-hydrogen) atoms. The second-order valence-corrected chi connectivity index (χ2v) is 21.6. The van der Waals surface area contributed by atoms with Gasteiger partial charge in [-0.1, -0.05) is 236 Å². The quantitative estimate of drug-likeness (QED) is 0.133. The van der Waals surface area contributed by atoms with Crippen molar-refractivity contribution in [2.75, 3.05) is 0 Å². The first-order valence-electron chi connectivity index (χ1n) is 26.4. The minimum absolute atomic E-state index is 0.378. The predicted molar refractivity (Wildman–Crippen MR) is 318 cm³/mol. The fourth-order valence-corrected chi connectivity index (χ4v) is 13.2. The highest BCUT2D eigenvalue weighted by Crippen LogP contribution is 2.57. The summed E-state index contributed by atoms with van der Waals surface area (Å²) in [6.07, 6.45) is 0. The first kappa shape index (κ1) is 43.5. The Morgan fingerprint density at radius 2 is 0.699 bits per heavy atom. The zero-order valence-corrected chi connectivity index (χ0v) is 42.4. The first-order chi connectivity index (χ1) is 35.7. The number of rotatable bonds is 8. The van der Waals surface area contributed by atoms with E-state index >= 15 is 0 Å². The lowest BCUT2D eigenvalue weighted by molar-refractivity contribution is 0.807. The molecule has 0 nitrogen and oxygen atoms in total. The van der Waals surface area contributed by atoms with Gasteiger partial charge in [-0.05, 0) is 194 Å². The van der Waals surface area contributed by atoms with Crippen LogP contribution in [0.2, 0.25) is 0 Å². The molecule has 0 aliphatic rings. The molecular formula is C73H56. The number of hydrogen-bond donors (Lipinski definition) is 0. The Morgan fingerprint density at radius 3 is 1.29 bits per heavy atom. The van der Waals surface area contributed by atoms with E-state index in [9.17, 15) is 0 Å². The summed E-state index contributed by atoms with van der Waals surface area (Å²) < 4.78 is 0. The van der Waals surface area contributed by atoms with Crippen molar-refractivity contribution >= 4 is 86.2 Å². The lowest BCUT2D eigenvalue weighted by Crippen LogP contribution is -2.03. The van der Waals surface area contributed by atoms with Crippen molar-refractivity contribution in [1.29, 1.82) is 0 Å². The molecular weight excluding hydrogens is 877 g/mol. The van der Waals surface area contributed by atoms with Crippen LogP contribution in [-0.4, -0.2) is 0 Å². The molecule has 0 heteroatoms. The van der Waals surface area contributed by atoms with Gasteiger partial charge in [0.05, 0.1) is 0 Å². The van der Waals surface area contributed by atoms with E-state index in [1.165, 1.54) is 159 Å². The smallest absolute Gasteiger partial charge is 0.000674 e. The molecule has 0 heterocycles. The average molecular weight is 933 g/mol. The third kappa shape index (κ3) is 6.46. The summed E-state index contributed by atoms with van der Waals surface area (Å²) in [4.78, 5) is 0. The van der Waals surface area contributed by atoms with Crippen LogP contribution in [0.25, 0.3) is 142 Å². The molecule has 0 amide bonds.